The molecule has 1 heterocycles. The van der Waals surface area contributed by atoms with Crippen LogP contribution in [0.1, 0.15) is 4.88 Å². The van der Waals surface area contributed by atoms with Gasteiger partial charge in [-0.1, -0.05) is 11.6 Å². The van der Waals surface area contributed by atoms with E-state index in [0.29, 0.717) is 26.6 Å². The van der Waals surface area contributed by atoms with Crippen LogP contribution in [0.25, 0.3) is 0 Å². The monoisotopic (exact) mass is 394 g/mol. The van der Waals surface area contributed by atoms with Crippen molar-refractivity contribution < 1.29 is 8.42 Å². The zero-order valence-corrected chi connectivity index (χ0v) is 14.5. The van der Waals surface area contributed by atoms with Crippen LogP contribution < -0.4 is 10.0 Å². The van der Waals surface area contributed by atoms with Crippen molar-refractivity contribution in [3.05, 3.63) is 44.0 Å². The van der Waals surface area contributed by atoms with Crippen molar-refractivity contribution in [1.82, 2.24) is 5.32 Å². The Kier molecular flexibility index (Phi) is 5.09. The number of anilines is 1. The van der Waals surface area contributed by atoms with Gasteiger partial charge in [-0.3, -0.25) is 4.72 Å². The lowest BCUT2D eigenvalue weighted by Crippen LogP contribution is -2.15. The predicted octanol–water partition coefficient (Wildman–Crippen LogP) is 3.68. The number of rotatable bonds is 5. The van der Waals surface area contributed by atoms with Gasteiger partial charge in [0.1, 0.15) is 4.90 Å². The van der Waals surface area contributed by atoms with E-state index < -0.39 is 10.0 Å². The summed E-state index contributed by atoms with van der Waals surface area (Å²) >= 11 is 10.6. The summed E-state index contributed by atoms with van der Waals surface area (Å²) in [6, 6.07) is 6.48. The highest BCUT2D eigenvalue weighted by molar-refractivity contribution is 9.10. The third-order valence-corrected chi connectivity index (χ3v) is 6.23. The first kappa shape index (κ1) is 15.8. The number of hydrogen-bond acceptors (Lipinski definition) is 4. The Balaban J connectivity index is 2.30. The molecule has 108 valence electrons. The van der Waals surface area contributed by atoms with Crippen molar-refractivity contribution >= 4 is 54.6 Å². The van der Waals surface area contributed by atoms with Crippen molar-refractivity contribution in [2.75, 3.05) is 11.8 Å². The van der Waals surface area contributed by atoms with Gasteiger partial charge in [-0.05, 0) is 52.6 Å². The van der Waals surface area contributed by atoms with Crippen LogP contribution in [-0.4, -0.2) is 15.5 Å². The van der Waals surface area contributed by atoms with E-state index in [4.69, 9.17) is 11.6 Å². The van der Waals surface area contributed by atoms with Crippen molar-refractivity contribution in [2.45, 2.75) is 11.4 Å². The molecule has 0 bridgehead atoms. The fourth-order valence-electron chi connectivity index (χ4n) is 1.63. The maximum atomic E-state index is 12.4. The Morgan fingerprint density at radius 1 is 1.35 bits per heavy atom. The lowest BCUT2D eigenvalue weighted by atomic mass is 10.3. The third-order valence-electron chi connectivity index (χ3n) is 2.50. The van der Waals surface area contributed by atoms with Gasteiger partial charge in [-0.15, -0.1) is 11.3 Å². The van der Waals surface area contributed by atoms with Crippen LogP contribution in [-0.2, 0) is 16.6 Å². The van der Waals surface area contributed by atoms with Gasteiger partial charge in [0.2, 0.25) is 0 Å². The zero-order valence-electron chi connectivity index (χ0n) is 10.5. The van der Waals surface area contributed by atoms with E-state index in [-0.39, 0.29) is 0 Å². The molecule has 2 rings (SSSR count). The van der Waals surface area contributed by atoms with Crippen molar-refractivity contribution in [3.8, 4) is 0 Å². The number of benzene rings is 1. The van der Waals surface area contributed by atoms with Gasteiger partial charge in [0.15, 0.2) is 0 Å². The second kappa shape index (κ2) is 6.44. The molecular formula is C12H12BrClN2O2S2. The molecule has 0 aliphatic heterocycles. The molecule has 0 saturated carbocycles. The minimum Gasteiger partial charge on any atom is -0.315 e. The number of thiophene rings is 1. The largest absolute Gasteiger partial charge is 0.315 e. The summed E-state index contributed by atoms with van der Waals surface area (Å²) in [6.45, 7) is 0.512. The minimum absolute atomic E-state index is 0.294. The standard InChI is InChI=1S/C12H12BrClN2O2S2/c1-15-7-11-12(4-5-19-11)20(17,18)16-8-2-3-10(14)9(13)6-8/h2-6,15-16H,7H2,1H3. The van der Waals surface area contributed by atoms with Gasteiger partial charge in [0, 0.05) is 15.9 Å². The average molecular weight is 396 g/mol. The molecule has 2 N–H and O–H groups in total. The molecule has 2 aromatic rings. The molecule has 0 spiro atoms. The summed E-state index contributed by atoms with van der Waals surface area (Å²) in [7, 11) is -1.82. The van der Waals surface area contributed by atoms with Gasteiger partial charge >= 0.3 is 0 Å². The van der Waals surface area contributed by atoms with E-state index >= 15 is 0 Å². The molecule has 20 heavy (non-hydrogen) atoms. The topological polar surface area (TPSA) is 58.2 Å². The number of sulfonamides is 1. The molecule has 0 amide bonds. The summed E-state index contributed by atoms with van der Waals surface area (Å²) in [4.78, 5) is 1.07. The lowest BCUT2D eigenvalue weighted by molar-refractivity contribution is 0.600. The Morgan fingerprint density at radius 3 is 2.75 bits per heavy atom. The van der Waals surface area contributed by atoms with E-state index in [2.05, 4.69) is 26.0 Å². The van der Waals surface area contributed by atoms with Gasteiger partial charge in [-0.25, -0.2) is 8.42 Å². The molecule has 0 aliphatic rings. The smallest absolute Gasteiger partial charge is 0.263 e. The normalized spacial score (nSPS) is 11.6. The molecule has 0 radical (unpaired) electrons. The van der Waals surface area contributed by atoms with Crippen LogP contribution in [0.4, 0.5) is 5.69 Å². The summed E-state index contributed by atoms with van der Waals surface area (Å²) < 4.78 is 27.9. The van der Waals surface area contributed by atoms with Crippen LogP contribution in [0.3, 0.4) is 0 Å². The Hall–Kier alpha value is -0.600. The fraction of sp³-hybridized carbons (Fsp3) is 0.167. The first-order valence-electron chi connectivity index (χ1n) is 5.63. The average Bonchev–Trinajstić information content (AvgIpc) is 2.83. The van der Waals surface area contributed by atoms with Crippen LogP contribution in [0, 0.1) is 0 Å². The van der Waals surface area contributed by atoms with E-state index in [1.54, 1.807) is 36.7 Å². The highest BCUT2D eigenvalue weighted by Gasteiger charge is 2.19. The van der Waals surface area contributed by atoms with Crippen molar-refractivity contribution in [3.63, 3.8) is 0 Å². The molecule has 8 heteroatoms. The summed E-state index contributed by atoms with van der Waals surface area (Å²) in [5.74, 6) is 0. The molecule has 4 nitrogen and oxygen atoms in total. The van der Waals surface area contributed by atoms with Crippen molar-refractivity contribution in [2.24, 2.45) is 0 Å². The van der Waals surface area contributed by atoms with E-state index in [1.807, 2.05) is 0 Å². The number of nitrogens with one attached hydrogen (secondary N) is 2. The maximum Gasteiger partial charge on any atom is 0.263 e. The molecule has 1 aromatic carbocycles. The molecule has 0 atom stereocenters. The molecule has 0 aliphatic carbocycles. The van der Waals surface area contributed by atoms with Gasteiger partial charge in [0.05, 0.1) is 10.7 Å². The van der Waals surface area contributed by atoms with Crippen LogP contribution in [0.5, 0.6) is 0 Å². The maximum absolute atomic E-state index is 12.4. The number of halogens is 2. The molecule has 1 aromatic heterocycles. The summed E-state index contributed by atoms with van der Waals surface area (Å²) in [5.41, 5.74) is 0.461. The minimum atomic E-state index is -3.60. The zero-order chi connectivity index (χ0) is 14.8. The Bertz CT molecular complexity index is 716. The quantitative estimate of drug-likeness (QED) is 0.812. The van der Waals surface area contributed by atoms with Crippen molar-refractivity contribution in [1.29, 1.82) is 0 Å². The van der Waals surface area contributed by atoms with Crippen LogP contribution >= 0.6 is 38.9 Å². The number of hydrogen-bond donors (Lipinski definition) is 2. The second-order valence-electron chi connectivity index (χ2n) is 3.97. The Labute approximate surface area is 135 Å². The van der Waals surface area contributed by atoms with Gasteiger partial charge in [0.25, 0.3) is 10.0 Å². The van der Waals surface area contributed by atoms with E-state index in [1.165, 1.54) is 11.3 Å². The Morgan fingerprint density at radius 2 is 2.10 bits per heavy atom. The van der Waals surface area contributed by atoms with Gasteiger partial charge < -0.3 is 5.32 Å². The summed E-state index contributed by atoms with van der Waals surface area (Å²) in [6.07, 6.45) is 0. The first-order valence-corrected chi connectivity index (χ1v) is 9.16. The summed E-state index contributed by atoms with van der Waals surface area (Å²) in [5, 5.41) is 5.25. The highest BCUT2D eigenvalue weighted by atomic mass is 79.9. The van der Waals surface area contributed by atoms with E-state index in [0.717, 1.165) is 4.88 Å². The molecule has 0 unspecified atom stereocenters. The lowest BCUT2D eigenvalue weighted by Gasteiger charge is -2.09. The molecule has 0 fully saturated rings. The first-order chi connectivity index (χ1) is 9.44. The van der Waals surface area contributed by atoms with E-state index in [9.17, 15) is 8.42 Å². The van der Waals surface area contributed by atoms with Crippen LogP contribution in [0.15, 0.2) is 39.0 Å². The molecule has 0 saturated heterocycles. The molecular weight excluding hydrogens is 384 g/mol. The highest BCUT2D eigenvalue weighted by Crippen LogP contribution is 2.28. The SMILES string of the molecule is CNCc1sccc1S(=O)(=O)Nc1ccc(Cl)c(Br)c1. The fourth-order valence-corrected chi connectivity index (χ4v) is 4.63. The van der Waals surface area contributed by atoms with Crippen LogP contribution in [0.2, 0.25) is 5.02 Å². The predicted molar refractivity (Wildman–Crippen MR) is 87.0 cm³/mol. The van der Waals surface area contributed by atoms with Gasteiger partial charge in [-0.2, -0.15) is 0 Å². The second-order valence-corrected chi connectivity index (χ2v) is 7.89. The third kappa shape index (κ3) is 3.53.